The molecule has 2 heterocycles. The lowest BCUT2D eigenvalue weighted by molar-refractivity contribution is 0.191. The third-order valence-electron chi connectivity index (χ3n) is 4.69. The van der Waals surface area contributed by atoms with Crippen LogP contribution in [-0.4, -0.2) is 46.4 Å². The summed E-state index contributed by atoms with van der Waals surface area (Å²) >= 11 is 0. The van der Waals surface area contributed by atoms with Crippen molar-refractivity contribution in [2.24, 2.45) is 0 Å². The molecule has 1 atom stereocenters. The average Bonchev–Trinajstić information content (AvgIpc) is 3.08. The van der Waals surface area contributed by atoms with Gasteiger partial charge < -0.3 is 10.2 Å². The highest BCUT2D eigenvalue weighted by molar-refractivity contribution is 5.14. The summed E-state index contributed by atoms with van der Waals surface area (Å²) in [6, 6.07) is 13.9. The molecule has 0 amide bonds. The second kappa shape index (κ2) is 8.27. The van der Waals surface area contributed by atoms with E-state index in [4.69, 9.17) is 0 Å². The number of aromatic nitrogens is 2. The molecule has 1 fully saturated rings. The molecule has 0 unspecified atom stereocenters. The van der Waals surface area contributed by atoms with Crippen molar-refractivity contribution in [1.29, 1.82) is 0 Å². The first kappa shape index (κ1) is 16.2. The lowest BCUT2D eigenvalue weighted by atomic mass is 10.0. The van der Waals surface area contributed by atoms with Gasteiger partial charge in [0.15, 0.2) is 0 Å². The molecule has 0 spiro atoms. The summed E-state index contributed by atoms with van der Waals surface area (Å²) in [5, 5.41) is 8.05. The number of piperidine rings is 1. The summed E-state index contributed by atoms with van der Waals surface area (Å²) in [7, 11) is 0. The van der Waals surface area contributed by atoms with Gasteiger partial charge in [0.25, 0.3) is 0 Å². The molecule has 23 heavy (non-hydrogen) atoms. The van der Waals surface area contributed by atoms with Gasteiger partial charge >= 0.3 is 0 Å². The minimum Gasteiger partial charge on any atom is -0.310 e. The van der Waals surface area contributed by atoms with Crippen molar-refractivity contribution in [3.63, 3.8) is 0 Å². The van der Waals surface area contributed by atoms with E-state index in [0.29, 0.717) is 12.1 Å². The van der Waals surface area contributed by atoms with Gasteiger partial charge in [-0.05, 0) is 50.9 Å². The van der Waals surface area contributed by atoms with Gasteiger partial charge in [-0.1, -0.05) is 30.3 Å². The molecule has 4 heteroatoms. The van der Waals surface area contributed by atoms with Crippen LogP contribution in [0.1, 0.15) is 25.3 Å². The number of hydrogen-bond acceptors (Lipinski definition) is 3. The highest BCUT2D eigenvalue weighted by atomic mass is 15.3. The number of likely N-dealkylation sites (tertiary alicyclic amines) is 1. The van der Waals surface area contributed by atoms with Gasteiger partial charge in [0.1, 0.15) is 0 Å². The maximum atomic E-state index is 4.28. The SMILES string of the molecule is C[C@@H](Cn1cccn1)NC1CCN(CCc2ccccc2)CC1. The van der Waals surface area contributed by atoms with Crippen molar-refractivity contribution in [2.75, 3.05) is 19.6 Å². The van der Waals surface area contributed by atoms with E-state index < -0.39 is 0 Å². The van der Waals surface area contributed by atoms with Crippen LogP contribution in [-0.2, 0) is 13.0 Å². The average molecular weight is 312 g/mol. The molecular weight excluding hydrogens is 284 g/mol. The fraction of sp³-hybridized carbons (Fsp3) is 0.526. The Morgan fingerprint density at radius 2 is 1.96 bits per heavy atom. The Labute approximate surface area is 139 Å². The lowest BCUT2D eigenvalue weighted by Crippen LogP contribution is -2.46. The Morgan fingerprint density at radius 3 is 2.65 bits per heavy atom. The van der Waals surface area contributed by atoms with Gasteiger partial charge in [-0.15, -0.1) is 0 Å². The minimum atomic E-state index is 0.468. The Morgan fingerprint density at radius 1 is 1.17 bits per heavy atom. The first-order valence-electron chi connectivity index (χ1n) is 8.79. The highest BCUT2D eigenvalue weighted by Crippen LogP contribution is 2.12. The van der Waals surface area contributed by atoms with Crippen molar-refractivity contribution >= 4 is 0 Å². The molecule has 1 saturated heterocycles. The minimum absolute atomic E-state index is 0.468. The molecule has 0 bridgehead atoms. The van der Waals surface area contributed by atoms with Crippen molar-refractivity contribution in [1.82, 2.24) is 20.0 Å². The first-order chi connectivity index (χ1) is 11.3. The summed E-state index contributed by atoms with van der Waals surface area (Å²) in [4.78, 5) is 2.60. The summed E-state index contributed by atoms with van der Waals surface area (Å²) in [5.41, 5.74) is 1.44. The number of nitrogens with one attached hydrogen (secondary N) is 1. The summed E-state index contributed by atoms with van der Waals surface area (Å²) in [5.74, 6) is 0. The van der Waals surface area contributed by atoms with Crippen LogP contribution in [0.3, 0.4) is 0 Å². The molecule has 0 aliphatic carbocycles. The van der Waals surface area contributed by atoms with Gasteiger partial charge in [0.05, 0.1) is 6.54 Å². The van der Waals surface area contributed by atoms with Crippen LogP contribution >= 0.6 is 0 Å². The second-order valence-electron chi connectivity index (χ2n) is 6.65. The van der Waals surface area contributed by atoms with Gasteiger partial charge in [-0.25, -0.2) is 0 Å². The van der Waals surface area contributed by atoms with E-state index in [-0.39, 0.29) is 0 Å². The van der Waals surface area contributed by atoms with Crippen LogP contribution in [0.2, 0.25) is 0 Å². The molecule has 124 valence electrons. The summed E-state index contributed by atoms with van der Waals surface area (Å²) in [6.45, 7) is 6.79. The Balaban J connectivity index is 1.35. The second-order valence-corrected chi connectivity index (χ2v) is 6.65. The molecule has 1 N–H and O–H groups in total. The molecule has 1 aliphatic heterocycles. The molecule has 1 aliphatic rings. The quantitative estimate of drug-likeness (QED) is 0.853. The van der Waals surface area contributed by atoms with Gasteiger partial charge in [-0.2, -0.15) is 5.10 Å². The van der Waals surface area contributed by atoms with Crippen LogP contribution in [0.15, 0.2) is 48.8 Å². The number of benzene rings is 1. The fourth-order valence-corrected chi connectivity index (χ4v) is 3.40. The standard InChI is InChI=1S/C19H28N4/c1-17(16-23-12-5-11-20-23)21-19-9-14-22(15-10-19)13-8-18-6-3-2-4-7-18/h2-7,11-12,17,19,21H,8-10,13-16H2,1H3/t17-/m0/s1. The van der Waals surface area contributed by atoms with Gasteiger partial charge in [0, 0.05) is 31.0 Å². The van der Waals surface area contributed by atoms with E-state index in [1.165, 1.54) is 38.0 Å². The van der Waals surface area contributed by atoms with Crippen molar-refractivity contribution in [3.05, 3.63) is 54.4 Å². The number of nitrogens with zero attached hydrogens (tertiary/aromatic N) is 3. The maximum absolute atomic E-state index is 4.28. The third-order valence-corrected chi connectivity index (χ3v) is 4.69. The van der Waals surface area contributed by atoms with Gasteiger partial charge in [-0.3, -0.25) is 4.68 Å². The summed E-state index contributed by atoms with van der Waals surface area (Å²) in [6.07, 6.45) is 7.54. The Kier molecular flexibility index (Phi) is 5.83. The van der Waals surface area contributed by atoms with Crippen LogP contribution in [0.4, 0.5) is 0 Å². The van der Waals surface area contributed by atoms with E-state index in [9.17, 15) is 0 Å². The Bertz CT molecular complexity index is 544. The molecular formula is C19H28N4. The predicted octanol–water partition coefficient (Wildman–Crippen LogP) is 2.57. The molecule has 1 aromatic carbocycles. The molecule has 0 radical (unpaired) electrons. The largest absolute Gasteiger partial charge is 0.310 e. The van der Waals surface area contributed by atoms with Crippen molar-refractivity contribution in [2.45, 2.75) is 44.8 Å². The number of hydrogen-bond donors (Lipinski definition) is 1. The third kappa shape index (κ3) is 5.19. The lowest BCUT2D eigenvalue weighted by Gasteiger charge is -2.34. The highest BCUT2D eigenvalue weighted by Gasteiger charge is 2.20. The topological polar surface area (TPSA) is 33.1 Å². The monoisotopic (exact) mass is 312 g/mol. The Hall–Kier alpha value is -1.65. The zero-order chi connectivity index (χ0) is 15.9. The van der Waals surface area contributed by atoms with E-state index >= 15 is 0 Å². The zero-order valence-corrected chi connectivity index (χ0v) is 14.1. The molecule has 0 saturated carbocycles. The van der Waals surface area contributed by atoms with E-state index in [0.717, 1.165) is 13.0 Å². The zero-order valence-electron chi connectivity index (χ0n) is 14.1. The number of rotatable bonds is 7. The van der Waals surface area contributed by atoms with Crippen LogP contribution in [0.5, 0.6) is 0 Å². The van der Waals surface area contributed by atoms with E-state index in [1.807, 2.05) is 23.1 Å². The normalized spacial score (nSPS) is 18.1. The maximum Gasteiger partial charge on any atom is 0.0560 e. The molecule has 3 rings (SSSR count). The smallest absolute Gasteiger partial charge is 0.0560 e. The molecule has 4 nitrogen and oxygen atoms in total. The van der Waals surface area contributed by atoms with Crippen molar-refractivity contribution < 1.29 is 0 Å². The van der Waals surface area contributed by atoms with Gasteiger partial charge in [0.2, 0.25) is 0 Å². The van der Waals surface area contributed by atoms with Crippen LogP contribution in [0.25, 0.3) is 0 Å². The fourth-order valence-electron chi connectivity index (χ4n) is 3.40. The van der Waals surface area contributed by atoms with Crippen LogP contribution in [0, 0.1) is 0 Å². The van der Waals surface area contributed by atoms with E-state index in [1.54, 1.807) is 0 Å². The van der Waals surface area contributed by atoms with Crippen molar-refractivity contribution in [3.8, 4) is 0 Å². The molecule has 1 aromatic heterocycles. The summed E-state index contributed by atoms with van der Waals surface area (Å²) < 4.78 is 2.01. The first-order valence-corrected chi connectivity index (χ1v) is 8.79. The van der Waals surface area contributed by atoms with Crippen LogP contribution < -0.4 is 5.32 Å². The molecule has 2 aromatic rings. The van der Waals surface area contributed by atoms with E-state index in [2.05, 4.69) is 52.6 Å². The predicted molar refractivity (Wildman–Crippen MR) is 94.4 cm³/mol.